The number of carbonyl (C=O) groups is 2. The first-order valence-corrected chi connectivity index (χ1v) is 10.8. The van der Waals surface area contributed by atoms with Crippen LogP contribution in [0.1, 0.15) is 30.4 Å². The zero-order valence-electron chi connectivity index (χ0n) is 18.2. The van der Waals surface area contributed by atoms with E-state index in [9.17, 15) is 14.7 Å². The van der Waals surface area contributed by atoms with Crippen LogP contribution in [0.15, 0.2) is 42.7 Å². The summed E-state index contributed by atoms with van der Waals surface area (Å²) in [4.78, 5) is 30.4. The van der Waals surface area contributed by atoms with Crippen LogP contribution in [0.25, 0.3) is 21.5 Å². The van der Waals surface area contributed by atoms with Gasteiger partial charge in [-0.3, -0.25) is 19.6 Å². The summed E-state index contributed by atoms with van der Waals surface area (Å²) in [7, 11) is 1.84. The second-order valence-electron chi connectivity index (χ2n) is 8.24. The third-order valence-electron chi connectivity index (χ3n) is 4.66. The molecular weight excluding hydrogens is 428 g/mol. The van der Waals surface area contributed by atoms with Gasteiger partial charge in [0.25, 0.3) is 5.91 Å². The maximum atomic E-state index is 13.0. The van der Waals surface area contributed by atoms with Gasteiger partial charge in [-0.2, -0.15) is 5.10 Å². The van der Waals surface area contributed by atoms with Gasteiger partial charge in [-0.1, -0.05) is 0 Å². The number of nitrogens with one attached hydrogen (secondary N) is 2. The van der Waals surface area contributed by atoms with Crippen molar-refractivity contribution in [1.82, 2.24) is 19.3 Å². The molecule has 4 aromatic rings. The van der Waals surface area contributed by atoms with Gasteiger partial charge < -0.3 is 15.0 Å². The van der Waals surface area contributed by atoms with Gasteiger partial charge in [0.1, 0.15) is 0 Å². The van der Waals surface area contributed by atoms with Crippen molar-refractivity contribution in [3.63, 3.8) is 0 Å². The SMILES string of the molecule is CC(=O)Nc1ccc2c(c1)nc(NC(=O)c1ccc(-c3cnn(C)c3)s1)n2CC(C)(C)O. The Bertz CT molecular complexity index is 1310. The van der Waals surface area contributed by atoms with Gasteiger partial charge >= 0.3 is 0 Å². The first-order valence-electron chi connectivity index (χ1n) is 9.99. The highest BCUT2D eigenvalue weighted by molar-refractivity contribution is 7.17. The second kappa shape index (κ2) is 8.21. The molecule has 9 nitrogen and oxygen atoms in total. The van der Waals surface area contributed by atoms with Crippen LogP contribution in [0, 0.1) is 0 Å². The second-order valence-corrected chi connectivity index (χ2v) is 9.32. The van der Waals surface area contributed by atoms with E-state index < -0.39 is 5.60 Å². The lowest BCUT2D eigenvalue weighted by atomic mass is 10.1. The Hall–Kier alpha value is -3.50. The Kier molecular flexibility index (Phi) is 5.57. The molecule has 0 aliphatic carbocycles. The highest BCUT2D eigenvalue weighted by atomic mass is 32.1. The summed E-state index contributed by atoms with van der Waals surface area (Å²) in [6.45, 7) is 5.04. The fourth-order valence-electron chi connectivity index (χ4n) is 3.38. The van der Waals surface area contributed by atoms with E-state index in [1.165, 1.54) is 18.3 Å². The first kappa shape index (κ1) is 21.7. The van der Waals surface area contributed by atoms with Crippen molar-refractivity contribution < 1.29 is 14.7 Å². The van der Waals surface area contributed by atoms with E-state index in [4.69, 9.17) is 0 Å². The van der Waals surface area contributed by atoms with E-state index in [0.717, 1.165) is 16.0 Å². The van der Waals surface area contributed by atoms with Crippen molar-refractivity contribution >= 4 is 45.8 Å². The number of anilines is 2. The van der Waals surface area contributed by atoms with Gasteiger partial charge in [0, 0.05) is 36.3 Å². The lowest BCUT2D eigenvalue weighted by Crippen LogP contribution is -2.27. The number of thiophene rings is 1. The van der Waals surface area contributed by atoms with Crippen molar-refractivity contribution in [3.05, 3.63) is 47.6 Å². The molecule has 3 N–H and O–H groups in total. The zero-order chi connectivity index (χ0) is 23.0. The predicted octanol–water partition coefficient (Wildman–Crippen LogP) is 3.48. The lowest BCUT2D eigenvalue weighted by Gasteiger charge is -2.20. The number of amides is 2. The molecule has 0 atom stereocenters. The number of hydrogen-bond acceptors (Lipinski definition) is 6. The quantitative estimate of drug-likeness (QED) is 0.414. The molecule has 4 rings (SSSR count). The van der Waals surface area contributed by atoms with E-state index >= 15 is 0 Å². The van der Waals surface area contributed by atoms with Crippen LogP contribution in [-0.2, 0) is 18.4 Å². The maximum Gasteiger partial charge on any atom is 0.268 e. The number of aliphatic hydroxyl groups is 1. The van der Waals surface area contributed by atoms with E-state index in [1.54, 1.807) is 53.6 Å². The molecule has 0 aliphatic heterocycles. The highest BCUT2D eigenvalue weighted by Crippen LogP contribution is 2.29. The predicted molar refractivity (Wildman–Crippen MR) is 125 cm³/mol. The molecule has 3 aromatic heterocycles. The van der Waals surface area contributed by atoms with Gasteiger partial charge in [0.05, 0.1) is 34.3 Å². The standard InChI is InChI=1S/C22H24N6O3S/c1-13(29)24-15-5-6-17-16(9-15)25-21(28(17)12-22(2,3)31)26-20(30)19-8-7-18(32-19)14-10-23-27(4)11-14/h5-11,31H,12H2,1-4H3,(H,24,29)(H,25,26,30). The van der Waals surface area contributed by atoms with Gasteiger partial charge in [0.2, 0.25) is 11.9 Å². The summed E-state index contributed by atoms with van der Waals surface area (Å²) in [5, 5.41) is 20.2. The molecule has 2 amide bonds. The average molecular weight is 453 g/mol. The van der Waals surface area contributed by atoms with Crippen molar-refractivity contribution in [2.24, 2.45) is 7.05 Å². The zero-order valence-corrected chi connectivity index (χ0v) is 19.0. The summed E-state index contributed by atoms with van der Waals surface area (Å²) in [6.07, 6.45) is 3.64. The molecule has 0 radical (unpaired) electrons. The minimum absolute atomic E-state index is 0.184. The van der Waals surface area contributed by atoms with Crippen molar-refractivity contribution in [2.45, 2.75) is 32.9 Å². The summed E-state index contributed by atoms with van der Waals surface area (Å²) < 4.78 is 3.48. The van der Waals surface area contributed by atoms with Crippen LogP contribution in [0.4, 0.5) is 11.6 Å². The normalized spacial score (nSPS) is 11.7. The molecule has 0 unspecified atom stereocenters. The molecule has 0 saturated carbocycles. The topological polar surface area (TPSA) is 114 Å². The summed E-state index contributed by atoms with van der Waals surface area (Å²) in [5.74, 6) is -0.154. The number of imidazole rings is 1. The number of aromatic nitrogens is 4. The fourth-order valence-corrected chi connectivity index (χ4v) is 4.26. The number of aryl methyl sites for hydroxylation is 1. The maximum absolute atomic E-state index is 13.0. The van der Waals surface area contributed by atoms with Gasteiger partial charge in [0.15, 0.2) is 0 Å². The Morgan fingerprint density at radius 2 is 1.97 bits per heavy atom. The summed E-state index contributed by atoms with van der Waals surface area (Å²) in [5.41, 5.74) is 1.85. The van der Waals surface area contributed by atoms with Crippen LogP contribution >= 0.6 is 11.3 Å². The number of carbonyl (C=O) groups excluding carboxylic acids is 2. The largest absolute Gasteiger partial charge is 0.389 e. The van der Waals surface area contributed by atoms with E-state index in [1.807, 2.05) is 19.3 Å². The number of rotatable bonds is 6. The molecule has 10 heteroatoms. The van der Waals surface area contributed by atoms with E-state index in [-0.39, 0.29) is 18.4 Å². The molecule has 0 saturated heterocycles. The van der Waals surface area contributed by atoms with Crippen molar-refractivity contribution in [2.75, 3.05) is 10.6 Å². The van der Waals surface area contributed by atoms with Gasteiger partial charge in [-0.25, -0.2) is 4.98 Å². The highest BCUT2D eigenvalue weighted by Gasteiger charge is 2.22. The average Bonchev–Trinajstić information content (AvgIpc) is 3.40. The molecule has 166 valence electrons. The number of hydrogen-bond donors (Lipinski definition) is 3. The van der Waals surface area contributed by atoms with Crippen LogP contribution < -0.4 is 10.6 Å². The molecular formula is C22H24N6O3S. The third-order valence-corrected chi connectivity index (χ3v) is 5.79. The minimum Gasteiger partial charge on any atom is -0.389 e. The molecule has 0 aliphatic rings. The minimum atomic E-state index is -1.03. The first-order chi connectivity index (χ1) is 15.1. The van der Waals surface area contributed by atoms with Crippen LogP contribution in [0.3, 0.4) is 0 Å². The van der Waals surface area contributed by atoms with Crippen molar-refractivity contribution in [1.29, 1.82) is 0 Å². The van der Waals surface area contributed by atoms with Crippen LogP contribution in [0.2, 0.25) is 0 Å². The molecule has 0 spiro atoms. The molecule has 32 heavy (non-hydrogen) atoms. The Labute approximate surface area is 188 Å². The molecule has 0 bridgehead atoms. The third kappa shape index (κ3) is 4.71. The van der Waals surface area contributed by atoms with Gasteiger partial charge in [-0.05, 0) is 44.2 Å². The number of nitrogens with zero attached hydrogens (tertiary/aromatic N) is 4. The van der Waals surface area contributed by atoms with E-state index in [0.29, 0.717) is 22.0 Å². The molecule has 0 fully saturated rings. The Balaban J connectivity index is 1.66. The Morgan fingerprint density at radius 1 is 1.19 bits per heavy atom. The number of fused-ring (bicyclic) bond motifs is 1. The van der Waals surface area contributed by atoms with Gasteiger partial charge in [-0.15, -0.1) is 11.3 Å². The molecule has 3 heterocycles. The fraction of sp³-hybridized carbons (Fsp3) is 0.273. The van der Waals surface area contributed by atoms with Crippen LogP contribution in [0.5, 0.6) is 0 Å². The Morgan fingerprint density at radius 3 is 2.62 bits per heavy atom. The monoisotopic (exact) mass is 452 g/mol. The number of benzene rings is 1. The summed E-state index contributed by atoms with van der Waals surface area (Å²) in [6, 6.07) is 8.95. The summed E-state index contributed by atoms with van der Waals surface area (Å²) >= 11 is 1.36. The lowest BCUT2D eigenvalue weighted by molar-refractivity contribution is -0.114. The smallest absolute Gasteiger partial charge is 0.268 e. The molecule has 1 aromatic carbocycles. The van der Waals surface area contributed by atoms with E-state index in [2.05, 4.69) is 20.7 Å². The van der Waals surface area contributed by atoms with Crippen molar-refractivity contribution in [3.8, 4) is 10.4 Å². The van der Waals surface area contributed by atoms with Crippen LogP contribution in [-0.4, -0.2) is 41.9 Å².